The zero-order valence-electron chi connectivity index (χ0n) is 12.0. The van der Waals surface area contributed by atoms with Gasteiger partial charge in [-0.05, 0) is 19.1 Å². The number of methoxy groups -OCH3 is 1. The summed E-state index contributed by atoms with van der Waals surface area (Å²) in [6.07, 6.45) is 0. The van der Waals surface area contributed by atoms with E-state index in [2.05, 4.69) is 5.32 Å². The molecule has 0 spiro atoms. The molecule has 1 aromatic carbocycles. The van der Waals surface area contributed by atoms with Gasteiger partial charge in [0.05, 0.1) is 18.7 Å². The quantitative estimate of drug-likeness (QED) is 0.595. The van der Waals surface area contributed by atoms with Gasteiger partial charge in [-0.1, -0.05) is 12.1 Å². The van der Waals surface area contributed by atoms with Crippen LogP contribution in [0.3, 0.4) is 0 Å². The van der Waals surface area contributed by atoms with E-state index < -0.39 is 24.0 Å². The van der Waals surface area contributed by atoms with Gasteiger partial charge < -0.3 is 25.0 Å². The molecule has 3 N–H and O–H groups in total. The summed E-state index contributed by atoms with van der Waals surface area (Å²) in [7, 11) is 1.54. The minimum absolute atomic E-state index is 0.259. The van der Waals surface area contributed by atoms with Crippen LogP contribution in [0.25, 0.3) is 0 Å². The predicted octanol–water partition coefficient (Wildman–Crippen LogP) is 0.277. The fourth-order valence-corrected chi connectivity index (χ4v) is 1.44. The van der Waals surface area contributed by atoms with E-state index in [0.717, 1.165) is 6.92 Å². The van der Waals surface area contributed by atoms with Crippen LogP contribution in [-0.4, -0.2) is 54.6 Å². The average molecular weight is 297 g/mol. The Morgan fingerprint density at radius 2 is 1.95 bits per heavy atom. The van der Waals surface area contributed by atoms with E-state index >= 15 is 0 Å². The predicted molar refractivity (Wildman–Crippen MR) is 74.4 cm³/mol. The number of carboxylic acids is 1. The molecule has 0 aliphatic heterocycles. The molecule has 21 heavy (non-hydrogen) atoms. The van der Waals surface area contributed by atoms with Gasteiger partial charge >= 0.3 is 5.97 Å². The molecule has 0 aromatic heterocycles. The summed E-state index contributed by atoms with van der Waals surface area (Å²) in [6.45, 7) is 1.36. The lowest BCUT2D eigenvalue weighted by molar-refractivity contribution is -0.155. The number of hydrogen-bond donors (Lipinski definition) is 3. The van der Waals surface area contributed by atoms with Crippen LogP contribution in [0.2, 0.25) is 0 Å². The molecule has 116 valence electrons. The Bertz CT molecular complexity index is 500. The van der Waals surface area contributed by atoms with Gasteiger partial charge in [-0.25, -0.2) is 4.79 Å². The van der Waals surface area contributed by atoms with Crippen molar-refractivity contribution < 1.29 is 29.3 Å². The van der Waals surface area contributed by atoms with Gasteiger partial charge in [0.2, 0.25) is 0 Å². The SMILES string of the molecule is COCCOc1ccccc1C(=O)NCC(C)(O)C(=O)O. The fourth-order valence-electron chi connectivity index (χ4n) is 1.44. The van der Waals surface area contributed by atoms with Gasteiger partial charge in [-0.2, -0.15) is 0 Å². The smallest absolute Gasteiger partial charge is 0.337 e. The standard InChI is InChI=1S/C14H19NO6/c1-14(19,13(17)18)9-15-12(16)10-5-3-4-6-11(10)21-8-7-20-2/h3-6,19H,7-9H2,1-2H3,(H,15,16)(H,17,18). The molecule has 0 radical (unpaired) electrons. The number of carbonyl (C=O) groups excluding carboxylic acids is 1. The van der Waals surface area contributed by atoms with Gasteiger partial charge in [0.25, 0.3) is 5.91 Å². The van der Waals surface area contributed by atoms with E-state index in [-0.39, 0.29) is 12.2 Å². The summed E-state index contributed by atoms with van der Waals surface area (Å²) in [5.74, 6) is -1.57. The van der Waals surface area contributed by atoms with E-state index in [0.29, 0.717) is 12.4 Å². The van der Waals surface area contributed by atoms with E-state index in [4.69, 9.17) is 14.6 Å². The first-order valence-electron chi connectivity index (χ1n) is 6.33. The molecule has 1 atom stereocenters. The number of hydrogen-bond acceptors (Lipinski definition) is 5. The second-order valence-electron chi connectivity index (χ2n) is 4.60. The molecular weight excluding hydrogens is 278 g/mol. The van der Waals surface area contributed by atoms with Gasteiger partial charge in [0.1, 0.15) is 12.4 Å². The number of para-hydroxylation sites is 1. The Morgan fingerprint density at radius 3 is 2.57 bits per heavy atom. The summed E-state index contributed by atoms with van der Waals surface area (Å²) >= 11 is 0. The average Bonchev–Trinajstić information content (AvgIpc) is 2.45. The Balaban J connectivity index is 2.71. The van der Waals surface area contributed by atoms with Crippen LogP contribution in [0.5, 0.6) is 5.75 Å². The number of aliphatic carboxylic acids is 1. The lowest BCUT2D eigenvalue weighted by Gasteiger charge is -2.19. The molecule has 1 aromatic rings. The highest BCUT2D eigenvalue weighted by Gasteiger charge is 2.30. The molecule has 7 heteroatoms. The van der Waals surface area contributed by atoms with Gasteiger partial charge in [-0.3, -0.25) is 4.79 Å². The maximum absolute atomic E-state index is 12.0. The number of aliphatic hydroxyl groups is 1. The zero-order valence-corrected chi connectivity index (χ0v) is 12.0. The number of ether oxygens (including phenoxy) is 2. The minimum Gasteiger partial charge on any atom is -0.490 e. The van der Waals surface area contributed by atoms with Crippen molar-refractivity contribution in [3.63, 3.8) is 0 Å². The third kappa shape index (κ3) is 5.05. The third-order valence-corrected chi connectivity index (χ3v) is 2.73. The van der Waals surface area contributed by atoms with Crippen LogP contribution in [-0.2, 0) is 9.53 Å². The zero-order chi connectivity index (χ0) is 15.9. The van der Waals surface area contributed by atoms with Crippen molar-refractivity contribution in [2.75, 3.05) is 26.9 Å². The number of amides is 1. The van der Waals surface area contributed by atoms with E-state index in [1.807, 2.05) is 0 Å². The van der Waals surface area contributed by atoms with Crippen molar-refractivity contribution in [1.29, 1.82) is 0 Å². The molecule has 7 nitrogen and oxygen atoms in total. The van der Waals surface area contributed by atoms with Crippen LogP contribution in [0.1, 0.15) is 17.3 Å². The number of benzene rings is 1. The maximum Gasteiger partial charge on any atom is 0.337 e. The number of rotatable bonds is 8. The van der Waals surface area contributed by atoms with Crippen molar-refractivity contribution >= 4 is 11.9 Å². The fraction of sp³-hybridized carbons (Fsp3) is 0.429. The number of nitrogens with one attached hydrogen (secondary N) is 1. The Hall–Kier alpha value is -2.12. The molecule has 0 heterocycles. The lowest BCUT2D eigenvalue weighted by Crippen LogP contribution is -2.46. The van der Waals surface area contributed by atoms with Gasteiger partial charge in [0, 0.05) is 7.11 Å². The van der Waals surface area contributed by atoms with E-state index in [9.17, 15) is 14.7 Å². The van der Waals surface area contributed by atoms with Crippen LogP contribution >= 0.6 is 0 Å². The van der Waals surface area contributed by atoms with E-state index in [1.54, 1.807) is 24.3 Å². The largest absolute Gasteiger partial charge is 0.490 e. The van der Waals surface area contributed by atoms with Crippen molar-refractivity contribution in [1.82, 2.24) is 5.32 Å². The van der Waals surface area contributed by atoms with Crippen LogP contribution in [0.15, 0.2) is 24.3 Å². The highest BCUT2D eigenvalue weighted by molar-refractivity contribution is 5.97. The first-order chi connectivity index (χ1) is 9.88. The molecule has 0 fully saturated rings. The highest BCUT2D eigenvalue weighted by atomic mass is 16.5. The summed E-state index contributed by atoms with van der Waals surface area (Å²) in [6, 6.07) is 6.55. The Labute approximate surface area is 122 Å². The van der Waals surface area contributed by atoms with Crippen LogP contribution < -0.4 is 10.1 Å². The first-order valence-corrected chi connectivity index (χ1v) is 6.33. The monoisotopic (exact) mass is 297 g/mol. The lowest BCUT2D eigenvalue weighted by atomic mass is 10.1. The third-order valence-electron chi connectivity index (χ3n) is 2.73. The van der Waals surface area contributed by atoms with Crippen molar-refractivity contribution in [3.05, 3.63) is 29.8 Å². The normalized spacial score (nSPS) is 13.3. The second-order valence-corrected chi connectivity index (χ2v) is 4.60. The molecule has 1 rings (SSSR count). The summed E-state index contributed by atoms with van der Waals surface area (Å²) in [5.41, 5.74) is -1.77. The summed E-state index contributed by atoms with van der Waals surface area (Å²) < 4.78 is 10.3. The highest BCUT2D eigenvalue weighted by Crippen LogP contribution is 2.18. The maximum atomic E-state index is 12.0. The number of carboxylic acid groups (broad SMARTS) is 1. The molecule has 0 bridgehead atoms. The summed E-state index contributed by atoms with van der Waals surface area (Å²) in [5, 5.41) is 20.7. The number of carbonyl (C=O) groups is 2. The Morgan fingerprint density at radius 1 is 1.29 bits per heavy atom. The molecule has 0 aliphatic carbocycles. The van der Waals surface area contributed by atoms with Crippen molar-refractivity contribution in [3.8, 4) is 5.75 Å². The van der Waals surface area contributed by atoms with Crippen LogP contribution in [0.4, 0.5) is 0 Å². The molecule has 0 saturated heterocycles. The second kappa shape index (κ2) is 7.61. The van der Waals surface area contributed by atoms with Crippen LogP contribution in [0, 0.1) is 0 Å². The van der Waals surface area contributed by atoms with Crippen molar-refractivity contribution in [2.45, 2.75) is 12.5 Å². The minimum atomic E-state index is -2.03. The topological polar surface area (TPSA) is 105 Å². The molecular formula is C14H19NO6. The van der Waals surface area contributed by atoms with E-state index in [1.165, 1.54) is 7.11 Å². The van der Waals surface area contributed by atoms with Gasteiger partial charge in [0.15, 0.2) is 5.60 Å². The molecule has 1 amide bonds. The molecule has 0 saturated carbocycles. The Kier molecular flexibility index (Phi) is 6.13. The van der Waals surface area contributed by atoms with Gasteiger partial charge in [-0.15, -0.1) is 0 Å². The van der Waals surface area contributed by atoms with Crippen molar-refractivity contribution in [2.24, 2.45) is 0 Å². The molecule has 0 aliphatic rings. The first kappa shape index (κ1) is 16.9. The summed E-state index contributed by atoms with van der Waals surface area (Å²) in [4.78, 5) is 22.8. The molecule has 1 unspecified atom stereocenters.